The Hall–Kier alpha value is -1.52. The third kappa shape index (κ3) is 4.32. The number of carbonyl (C=O) groups is 2. The van der Waals surface area contributed by atoms with Crippen LogP contribution in [0.2, 0.25) is 0 Å². The van der Waals surface area contributed by atoms with Gasteiger partial charge in [-0.05, 0) is 13.8 Å². The number of rotatable bonds is 3. The molecule has 5 heteroatoms. The standard InChI is InChI=1S/C7H12N2O3/c1-4(2)8-7(12)9-5(3)6(10)11/h5H,1H2,2-3H3,(H,10,11)(H2,8,9,12). The second-order valence-corrected chi connectivity index (χ2v) is 2.44. The van der Waals surface area contributed by atoms with Crippen LogP contribution in [0.4, 0.5) is 4.79 Å². The third-order valence-electron chi connectivity index (χ3n) is 1.04. The molecule has 0 aromatic rings. The molecule has 0 radical (unpaired) electrons. The monoisotopic (exact) mass is 172 g/mol. The molecule has 0 saturated carbocycles. The number of hydrogen-bond donors (Lipinski definition) is 3. The molecule has 0 bridgehead atoms. The summed E-state index contributed by atoms with van der Waals surface area (Å²) < 4.78 is 0. The summed E-state index contributed by atoms with van der Waals surface area (Å²) in [6.45, 7) is 6.41. The van der Waals surface area contributed by atoms with Crippen molar-refractivity contribution in [3.8, 4) is 0 Å². The lowest BCUT2D eigenvalue weighted by atomic mass is 10.3. The molecule has 1 atom stereocenters. The number of allylic oxidation sites excluding steroid dienone is 1. The maximum absolute atomic E-state index is 10.8. The topological polar surface area (TPSA) is 78.4 Å². The highest BCUT2D eigenvalue weighted by molar-refractivity contribution is 5.82. The van der Waals surface area contributed by atoms with Crippen molar-refractivity contribution in [1.82, 2.24) is 10.6 Å². The van der Waals surface area contributed by atoms with Gasteiger partial charge >= 0.3 is 12.0 Å². The van der Waals surface area contributed by atoms with Gasteiger partial charge in [0.1, 0.15) is 6.04 Å². The molecule has 0 spiro atoms. The number of hydrogen-bond acceptors (Lipinski definition) is 2. The van der Waals surface area contributed by atoms with E-state index in [4.69, 9.17) is 5.11 Å². The molecule has 0 aliphatic rings. The molecular formula is C7H12N2O3. The molecule has 0 aliphatic heterocycles. The molecule has 3 N–H and O–H groups in total. The van der Waals surface area contributed by atoms with Crippen LogP contribution in [0, 0.1) is 0 Å². The van der Waals surface area contributed by atoms with E-state index in [1.54, 1.807) is 6.92 Å². The van der Waals surface area contributed by atoms with E-state index in [0.717, 1.165) is 0 Å². The smallest absolute Gasteiger partial charge is 0.325 e. The van der Waals surface area contributed by atoms with Gasteiger partial charge in [-0.25, -0.2) is 4.79 Å². The predicted octanol–water partition coefficient (Wildman–Crippen LogP) is 0.292. The lowest BCUT2D eigenvalue weighted by Gasteiger charge is -2.09. The molecule has 68 valence electrons. The summed E-state index contributed by atoms with van der Waals surface area (Å²) in [4.78, 5) is 21.1. The van der Waals surface area contributed by atoms with E-state index in [1.807, 2.05) is 0 Å². The van der Waals surface area contributed by atoms with Gasteiger partial charge in [-0.3, -0.25) is 4.79 Å². The number of urea groups is 1. The van der Waals surface area contributed by atoms with E-state index in [1.165, 1.54) is 6.92 Å². The lowest BCUT2D eigenvalue weighted by Crippen LogP contribution is -2.43. The van der Waals surface area contributed by atoms with Crippen LogP contribution in [0.1, 0.15) is 13.8 Å². The summed E-state index contributed by atoms with van der Waals surface area (Å²) in [5.74, 6) is -1.08. The normalized spacial score (nSPS) is 11.5. The van der Waals surface area contributed by atoms with E-state index in [0.29, 0.717) is 5.70 Å². The fraction of sp³-hybridized carbons (Fsp3) is 0.429. The molecule has 0 aromatic heterocycles. The first kappa shape index (κ1) is 10.5. The van der Waals surface area contributed by atoms with Crippen LogP contribution < -0.4 is 10.6 Å². The Balaban J connectivity index is 3.85. The van der Waals surface area contributed by atoms with Gasteiger partial charge in [0.2, 0.25) is 0 Å². The lowest BCUT2D eigenvalue weighted by molar-refractivity contribution is -0.138. The molecule has 0 fully saturated rings. The van der Waals surface area contributed by atoms with E-state index < -0.39 is 18.0 Å². The van der Waals surface area contributed by atoms with Gasteiger partial charge < -0.3 is 15.7 Å². The van der Waals surface area contributed by atoms with E-state index in [9.17, 15) is 9.59 Å². The van der Waals surface area contributed by atoms with E-state index in [-0.39, 0.29) is 0 Å². The van der Waals surface area contributed by atoms with Gasteiger partial charge in [0, 0.05) is 5.70 Å². The number of aliphatic carboxylic acids is 1. The first-order valence-electron chi connectivity index (χ1n) is 3.39. The van der Waals surface area contributed by atoms with Crippen molar-refractivity contribution >= 4 is 12.0 Å². The first-order chi connectivity index (χ1) is 5.43. The Morgan fingerprint density at radius 1 is 1.50 bits per heavy atom. The quantitative estimate of drug-likeness (QED) is 0.572. The Labute approximate surface area is 70.5 Å². The fourth-order valence-electron chi connectivity index (χ4n) is 0.488. The SMILES string of the molecule is C=C(C)NC(=O)NC(C)C(=O)O. The molecular weight excluding hydrogens is 160 g/mol. The molecule has 12 heavy (non-hydrogen) atoms. The molecule has 0 aliphatic carbocycles. The van der Waals surface area contributed by atoms with Crippen molar-refractivity contribution in [2.75, 3.05) is 0 Å². The number of amides is 2. The summed E-state index contributed by atoms with van der Waals surface area (Å²) in [5, 5.41) is 12.9. The Morgan fingerprint density at radius 2 is 2.00 bits per heavy atom. The average Bonchev–Trinajstić information content (AvgIpc) is 1.84. The molecule has 5 nitrogen and oxygen atoms in total. The van der Waals surface area contributed by atoms with Crippen LogP contribution in [0.15, 0.2) is 12.3 Å². The number of carbonyl (C=O) groups excluding carboxylic acids is 1. The zero-order chi connectivity index (χ0) is 9.72. The van der Waals surface area contributed by atoms with Gasteiger partial charge in [0.05, 0.1) is 0 Å². The second-order valence-electron chi connectivity index (χ2n) is 2.44. The van der Waals surface area contributed by atoms with Crippen molar-refractivity contribution in [2.24, 2.45) is 0 Å². The first-order valence-corrected chi connectivity index (χ1v) is 3.39. The minimum Gasteiger partial charge on any atom is -0.480 e. The summed E-state index contributed by atoms with van der Waals surface area (Å²) in [6.07, 6.45) is 0. The van der Waals surface area contributed by atoms with E-state index >= 15 is 0 Å². The van der Waals surface area contributed by atoms with Crippen LogP contribution in [-0.2, 0) is 4.79 Å². The number of nitrogens with one attached hydrogen (secondary N) is 2. The Kier molecular flexibility index (Phi) is 3.82. The molecule has 2 amide bonds. The van der Waals surface area contributed by atoms with Crippen molar-refractivity contribution < 1.29 is 14.7 Å². The number of carboxylic acid groups (broad SMARTS) is 1. The fourth-order valence-corrected chi connectivity index (χ4v) is 0.488. The third-order valence-corrected chi connectivity index (χ3v) is 1.04. The van der Waals surface area contributed by atoms with Crippen molar-refractivity contribution in [1.29, 1.82) is 0 Å². The predicted molar refractivity (Wildman–Crippen MR) is 43.6 cm³/mol. The zero-order valence-corrected chi connectivity index (χ0v) is 7.05. The maximum Gasteiger partial charge on any atom is 0.325 e. The highest BCUT2D eigenvalue weighted by Gasteiger charge is 2.12. The van der Waals surface area contributed by atoms with Crippen molar-refractivity contribution in [3.05, 3.63) is 12.3 Å². The second kappa shape index (κ2) is 4.38. The van der Waals surface area contributed by atoms with Gasteiger partial charge in [0.15, 0.2) is 0 Å². The van der Waals surface area contributed by atoms with Crippen LogP contribution in [-0.4, -0.2) is 23.1 Å². The van der Waals surface area contributed by atoms with Crippen LogP contribution in [0.25, 0.3) is 0 Å². The summed E-state index contributed by atoms with van der Waals surface area (Å²) in [7, 11) is 0. The minimum absolute atomic E-state index is 0.463. The van der Waals surface area contributed by atoms with Crippen molar-refractivity contribution in [3.63, 3.8) is 0 Å². The summed E-state index contributed by atoms with van der Waals surface area (Å²) in [6, 6.07) is -1.46. The molecule has 1 unspecified atom stereocenters. The Bertz CT molecular complexity index is 213. The zero-order valence-electron chi connectivity index (χ0n) is 7.05. The largest absolute Gasteiger partial charge is 0.480 e. The number of carboxylic acids is 1. The minimum atomic E-state index is -1.08. The summed E-state index contributed by atoms with van der Waals surface area (Å²) >= 11 is 0. The Morgan fingerprint density at radius 3 is 2.33 bits per heavy atom. The van der Waals surface area contributed by atoms with Crippen LogP contribution in [0.5, 0.6) is 0 Å². The van der Waals surface area contributed by atoms with Crippen molar-refractivity contribution in [2.45, 2.75) is 19.9 Å². The van der Waals surface area contributed by atoms with Gasteiger partial charge in [-0.2, -0.15) is 0 Å². The van der Waals surface area contributed by atoms with E-state index in [2.05, 4.69) is 17.2 Å². The highest BCUT2D eigenvalue weighted by Crippen LogP contribution is 1.83. The van der Waals surface area contributed by atoms with Gasteiger partial charge in [-0.15, -0.1) is 0 Å². The van der Waals surface area contributed by atoms with Gasteiger partial charge in [0.25, 0.3) is 0 Å². The molecule has 0 saturated heterocycles. The van der Waals surface area contributed by atoms with Crippen LogP contribution in [0.3, 0.4) is 0 Å². The molecule has 0 rings (SSSR count). The summed E-state index contributed by atoms with van der Waals surface area (Å²) in [5.41, 5.74) is 0.463. The molecule has 0 aromatic carbocycles. The van der Waals surface area contributed by atoms with Gasteiger partial charge in [-0.1, -0.05) is 6.58 Å². The highest BCUT2D eigenvalue weighted by atomic mass is 16.4. The maximum atomic E-state index is 10.8. The average molecular weight is 172 g/mol. The van der Waals surface area contributed by atoms with Crippen LogP contribution >= 0.6 is 0 Å². The molecule has 0 heterocycles.